The van der Waals surface area contributed by atoms with E-state index in [-0.39, 0.29) is 12.3 Å². The number of halogens is 2. The lowest BCUT2D eigenvalue weighted by Crippen LogP contribution is -2.36. The van der Waals surface area contributed by atoms with Crippen molar-refractivity contribution in [2.45, 2.75) is 19.6 Å². The fourth-order valence-electron chi connectivity index (χ4n) is 1.46. The van der Waals surface area contributed by atoms with E-state index in [9.17, 15) is 13.6 Å². The first-order valence-electron chi connectivity index (χ1n) is 5.93. The number of nitrogens with one attached hydrogen (secondary N) is 1. The summed E-state index contributed by atoms with van der Waals surface area (Å²) >= 11 is 1.15. The van der Waals surface area contributed by atoms with Gasteiger partial charge in [-0.3, -0.25) is 4.79 Å². The number of aromatic nitrogens is 2. The van der Waals surface area contributed by atoms with Gasteiger partial charge in [-0.2, -0.15) is 0 Å². The second-order valence-electron chi connectivity index (χ2n) is 4.09. The van der Waals surface area contributed by atoms with Gasteiger partial charge in [0.2, 0.25) is 5.13 Å². The second kappa shape index (κ2) is 6.44. The van der Waals surface area contributed by atoms with Crippen molar-refractivity contribution in [2.75, 3.05) is 5.73 Å². The number of hydrogen-bond donors (Lipinski definition) is 2. The van der Waals surface area contributed by atoms with E-state index in [0.717, 1.165) is 23.5 Å². The lowest BCUT2D eigenvalue weighted by Gasteiger charge is -2.14. The number of hydrogen-bond acceptors (Lipinski definition) is 6. The molecule has 1 atom stereocenters. The first-order valence-corrected chi connectivity index (χ1v) is 6.74. The van der Waals surface area contributed by atoms with E-state index in [4.69, 9.17) is 10.5 Å². The Bertz CT molecular complexity index is 650. The molecule has 1 aromatic carbocycles. The highest BCUT2D eigenvalue weighted by molar-refractivity contribution is 7.15. The molecule has 2 rings (SSSR count). The SMILES string of the molecule is C[C@@H](Oc1ccc(F)cc1F)C(=O)NCc1nnc(N)s1. The molecule has 0 radical (unpaired) electrons. The van der Waals surface area contributed by atoms with Crippen LogP contribution in [0.4, 0.5) is 13.9 Å². The summed E-state index contributed by atoms with van der Waals surface area (Å²) in [6, 6.07) is 2.86. The molecular weight excluding hydrogens is 302 g/mol. The van der Waals surface area contributed by atoms with Crippen LogP contribution >= 0.6 is 11.3 Å². The Balaban J connectivity index is 1.90. The fraction of sp³-hybridized carbons (Fsp3) is 0.250. The predicted molar refractivity (Wildman–Crippen MR) is 72.6 cm³/mol. The summed E-state index contributed by atoms with van der Waals surface area (Å²) in [6.07, 6.45) is -0.949. The van der Waals surface area contributed by atoms with Gasteiger partial charge in [0.15, 0.2) is 17.7 Å². The number of carbonyl (C=O) groups is 1. The van der Waals surface area contributed by atoms with Gasteiger partial charge in [0, 0.05) is 6.07 Å². The van der Waals surface area contributed by atoms with Crippen LogP contribution in [-0.4, -0.2) is 22.2 Å². The molecule has 0 fully saturated rings. The molecule has 0 aliphatic rings. The van der Waals surface area contributed by atoms with Gasteiger partial charge in [-0.15, -0.1) is 10.2 Å². The van der Waals surface area contributed by atoms with Crippen molar-refractivity contribution in [3.8, 4) is 5.75 Å². The number of anilines is 1. The first kappa shape index (κ1) is 15.1. The molecule has 2 aromatic rings. The van der Waals surface area contributed by atoms with Crippen molar-refractivity contribution in [1.82, 2.24) is 15.5 Å². The molecule has 0 bridgehead atoms. The van der Waals surface area contributed by atoms with Gasteiger partial charge in [0.1, 0.15) is 10.8 Å². The summed E-state index contributed by atoms with van der Waals surface area (Å²) in [6.45, 7) is 1.60. The minimum absolute atomic E-state index is 0.146. The van der Waals surface area contributed by atoms with Crippen molar-refractivity contribution in [3.63, 3.8) is 0 Å². The highest BCUT2D eigenvalue weighted by Gasteiger charge is 2.17. The highest BCUT2D eigenvalue weighted by atomic mass is 32.1. The summed E-state index contributed by atoms with van der Waals surface area (Å²) in [5.41, 5.74) is 5.41. The number of nitrogen functional groups attached to an aromatic ring is 1. The summed E-state index contributed by atoms with van der Waals surface area (Å²) in [4.78, 5) is 11.8. The van der Waals surface area contributed by atoms with Crippen LogP contribution in [0.15, 0.2) is 18.2 Å². The molecule has 0 aliphatic heterocycles. The third-order valence-corrected chi connectivity index (χ3v) is 3.22. The van der Waals surface area contributed by atoms with Crippen LogP contribution in [0.3, 0.4) is 0 Å². The normalized spacial score (nSPS) is 12.0. The topological polar surface area (TPSA) is 90.1 Å². The van der Waals surface area contributed by atoms with Gasteiger partial charge < -0.3 is 15.8 Å². The zero-order valence-corrected chi connectivity index (χ0v) is 11.8. The molecule has 0 saturated heterocycles. The molecule has 0 aliphatic carbocycles. The predicted octanol–water partition coefficient (Wildman–Crippen LogP) is 1.48. The van der Waals surface area contributed by atoms with Crippen LogP contribution in [0.2, 0.25) is 0 Å². The summed E-state index contributed by atoms with van der Waals surface area (Å²) in [7, 11) is 0. The maximum Gasteiger partial charge on any atom is 0.261 e. The van der Waals surface area contributed by atoms with E-state index in [1.807, 2.05) is 0 Å². The maximum atomic E-state index is 13.4. The van der Waals surface area contributed by atoms with E-state index in [2.05, 4.69) is 15.5 Å². The lowest BCUT2D eigenvalue weighted by atomic mass is 10.3. The van der Waals surface area contributed by atoms with Gasteiger partial charge in [0.05, 0.1) is 6.54 Å². The largest absolute Gasteiger partial charge is 0.478 e. The average Bonchev–Trinajstić information content (AvgIpc) is 2.85. The standard InChI is InChI=1S/C12H12F2N4O2S/c1-6(20-9-3-2-7(13)4-8(9)14)11(19)16-5-10-17-18-12(15)21-10/h2-4,6H,5H2,1H3,(H2,15,18)(H,16,19)/t6-/m1/s1. The minimum atomic E-state index is -0.949. The van der Waals surface area contributed by atoms with Crippen molar-refractivity contribution >= 4 is 22.4 Å². The zero-order chi connectivity index (χ0) is 15.4. The Hall–Kier alpha value is -2.29. The fourth-order valence-corrected chi connectivity index (χ4v) is 2.01. The molecule has 9 heteroatoms. The minimum Gasteiger partial charge on any atom is -0.478 e. The Morgan fingerprint density at radius 2 is 2.24 bits per heavy atom. The average molecular weight is 314 g/mol. The number of ether oxygens (including phenoxy) is 1. The number of carbonyl (C=O) groups excluding carboxylic acids is 1. The summed E-state index contributed by atoms with van der Waals surface area (Å²) in [5.74, 6) is -2.25. The van der Waals surface area contributed by atoms with Crippen molar-refractivity contribution in [1.29, 1.82) is 0 Å². The molecule has 112 valence electrons. The van der Waals surface area contributed by atoms with Crippen molar-refractivity contribution in [2.24, 2.45) is 0 Å². The van der Waals surface area contributed by atoms with Crippen LogP contribution in [0, 0.1) is 11.6 Å². The summed E-state index contributed by atoms with van der Waals surface area (Å²) in [5, 5.41) is 10.7. The zero-order valence-electron chi connectivity index (χ0n) is 11.0. The maximum absolute atomic E-state index is 13.4. The lowest BCUT2D eigenvalue weighted by molar-refractivity contribution is -0.127. The Kier molecular flexibility index (Phi) is 4.63. The Morgan fingerprint density at radius 1 is 1.48 bits per heavy atom. The van der Waals surface area contributed by atoms with Crippen LogP contribution in [0.25, 0.3) is 0 Å². The Morgan fingerprint density at radius 3 is 2.86 bits per heavy atom. The monoisotopic (exact) mass is 314 g/mol. The van der Waals surface area contributed by atoms with Gasteiger partial charge in [0.25, 0.3) is 5.91 Å². The Labute approximate surface area is 122 Å². The number of amides is 1. The number of nitrogens with zero attached hydrogens (tertiary/aromatic N) is 2. The van der Waals surface area contributed by atoms with Crippen LogP contribution < -0.4 is 15.8 Å². The van der Waals surface area contributed by atoms with E-state index < -0.39 is 23.6 Å². The molecule has 0 saturated carbocycles. The van der Waals surface area contributed by atoms with Crippen molar-refractivity contribution < 1.29 is 18.3 Å². The van der Waals surface area contributed by atoms with E-state index in [0.29, 0.717) is 16.2 Å². The van der Waals surface area contributed by atoms with Gasteiger partial charge >= 0.3 is 0 Å². The van der Waals surface area contributed by atoms with Gasteiger partial charge in [-0.1, -0.05) is 11.3 Å². The third kappa shape index (κ3) is 4.09. The molecule has 0 spiro atoms. The number of rotatable bonds is 5. The molecule has 21 heavy (non-hydrogen) atoms. The van der Waals surface area contributed by atoms with Crippen molar-refractivity contribution in [3.05, 3.63) is 34.8 Å². The molecule has 3 N–H and O–H groups in total. The molecule has 1 aromatic heterocycles. The van der Waals surface area contributed by atoms with Gasteiger partial charge in [-0.25, -0.2) is 8.78 Å². The number of benzene rings is 1. The van der Waals surface area contributed by atoms with Crippen LogP contribution in [-0.2, 0) is 11.3 Å². The molecular formula is C12H12F2N4O2S. The molecule has 1 heterocycles. The van der Waals surface area contributed by atoms with Crippen LogP contribution in [0.5, 0.6) is 5.75 Å². The van der Waals surface area contributed by atoms with E-state index in [1.54, 1.807) is 0 Å². The van der Waals surface area contributed by atoms with Gasteiger partial charge in [-0.05, 0) is 19.1 Å². The van der Waals surface area contributed by atoms with E-state index in [1.165, 1.54) is 6.92 Å². The molecule has 1 amide bonds. The third-order valence-electron chi connectivity index (χ3n) is 2.46. The number of nitrogens with two attached hydrogens (primary N) is 1. The molecule has 6 nitrogen and oxygen atoms in total. The highest BCUT2D eigenvalue weighted by Crippen LogP contribution is 2.19. The summed E-state index contributed by atoms with van der Waals surface area (Å²) < 4.78 is 31.3. The second-order valence-corrected chi connectivity index (χ2v) is 5.18. The first-order chi connectivity index (χ1) is 9.95. The van der Waals surface area contributed by atoms with Crippen LogP contribution in [0.1, 0.15) is 11.9 Å². The quantitative estimate of drug-likeness (QED) is 0.872. The van der Waals surface area contributed by atoms with E-state index >= 15 is 0 Å². The molecule has 0 unspecified atom stereocenters. The smallest absolute Gasteiger partial charge is 0.261 e.